The fourth-order valence-electron chi connectivity index (χ4n) is 1.91. The molecule has 0 fully saturated rings. The number of hydrogen-bond donors (Lipinski definition) is 1. The van der Waals surface area contributed by atoms with Crippen LogP contribution in [0, 0.1) is 0 Å². The van der Waals surface area contributed by atoms with Crippen LogP contribution in [0.3, 0.4) is 0 Å². The van der Waals surface area contributed by atoms with Gasteiger partial charge >= 0.3 is 0 Å². The van der Waals surface area contributed by atoms with E-state index in [1.54, 1.807) is 32.2 Å². The summed E-state index contributed by atoms with van der Waals surface area (Å²) in [5.74, 6) is 1.36. The van der Waals surface area contributed by atoms with Gasteiger partial charge in [-0.2, -0.15) is 0 Å². The Morgan fingerprint density at radius 3 is 2.55 bits per heavy atom. The minimum absolute atomic E-state index is 0.491. The molecule has 0 saturated heterocycles. The topological polar surface area (TPSA) is 38.7 Å². The first-order chi connectivity index (χ1) is 9.60. The number of ether oxygens (including phenoxy) is 2. The molecule has 1 N–H and O–H groups in total. The second-order valence-electron chi connectivity index (χ2n) is 4.54. The van der Waals surface area contributed by atoms with Gasteiger partial charge in [0.1, 0.15) is 11.5 Å². The minimum Gasteiger partial charge on any atom is -0.457 e. The molecule has 0 aliphatic carbocycles. The summed E-state index contributed by atoms with van der Waals surface area (Å²) in [7, 11) is 1.65. The number of halogens is 1. The van der Waals surface area contributed by atoms with Gasteiger partial charge < -0.3 is 14.6 Å². The SMILES string of the molecule is COCc1cccc(Oc2ccc(C(C)O)c(Cl)c2)c1. The third-order valence-electron chi connectivity index (χ3n) is 2.87. The van der Waals surface area contributed by atoms with E-state index < -0.39 is 6.10 Å². The number of rotatable bonds is 5. The van der Waals surface area contributed by atoms with Crippen molar-refractivity contribution < 1.29 is 14.6 Å². The number of aliphatic hydroxyl groups is 1. The fourth-order valence-corrected chi connectivity index (χ4v) is 2.24. The maximum atomic E-state index is 9.54. The third kappa shape index (κ3) is 3.73. The van der Waals surface area contributed by atoms with E-state index in [1.807, 2.05) is 24.3 Å². The van der Waals surface area contributed by atoms with Crippen LogP contribution in [0.15, 0.2) is 42.5 Å². The van der Waals surface area contributed by atoms with Crippen LogP contribution in [0.2, 0.25) is 5.02 Å². The molecule has 2 aromatic carbocycles. The van der Waals surface area contributed by atoms with Crippen molar-refractivity contribution in [2.45, 2.75) is 19.6 Å². The molecule has 106 valence electrons. The Balaban J connectivity index is 2.17. The summed E-state index contributed by atoms with van der Waals surface area (Å²) in [6, 6.07) is 12.9. The molecule has 0 aromatic heterocycles. The normalized spacial score (nSPS) is 12.2. The van der Waals surface area contributed by atoms with Gasteiger partial charge in [-0.1, -0.05) is 29.8 Å². The van der Waals surface area contributed by atoms with Gasteiger partial charge in [-0.3, -0.25) is 0 Å². The van der Waals surface area contributed by atoms with E-state index >= 15 is 0 Å². The Hall–Kier alpha value is -1.55. The Kier molecular flexibility index (Phi) is 5.01. The zero-order valence-corrected chi connectivity index (χ0v) is 12.2. The van der Waals surface area contributed by atoms with Crippen LogP contribution in [0.25, 0.3) is 0 Å². The van der Waals surface area contributed by atoms with Crippen molar-refractivity contribution in [1.82, 2.24) is 0 Å². The number of hydrogen-bond acceptors (Lipinski definition) is 3. The largest absolute Gasteiger partial charge is 0.457 e. The van der Waals surface area contributed by atoms with Crippen molar-refractivity contribution in [2.24, 2.45) is 0 Å². The fraction of sp³-hybridized carbons (Fsp3) is 0.250. The molecule has 0 aliphatic heterocycles. The summed E-state index contributed by atoms with van der Waals surface area (Å²) in [5, 5.41) is 10.0. The summed E-state index contributed by atoms with van der Waals surface area (Å²) in [4.78, 5) is 0. The van der Waals surface area contributed by atoms with Crippen molar-refractivity contribution in [3.05, 3.63) is 58.6 Å². The predicted molar refractivity (Wildman–Crippen MR) is 79.3 cm³/mol. The smallest absolute Gasteiger partial charge is 0.128 e. The number of benzene rings is 2. The van der Waals surface area contributed by atoms with Crippen molar-refractivity contribution in [1.29, 1.82) is 0 Å². The molecule has 1 atom stereocenters. The molecule has 3 nitrogen and oxygen atoms in total. The summed E-state index contributed by atoms with van der Waals surface area (Å²) >= 11 is 6.11. The van der Waals surface area contributed by atoms with E-state index in [0.29, 0.717) is 22.9 Å². The lowest BCUT2D eigenvalue weighted by Gasteiger charge is -2.11. The zero-order chi connectivity index (χ0) is 14.5. The first-order valence-corrected chi connectivity index (χ1v) is 6.71. The van der Waals surface area contributed by atoms with Crippen LogP contribution >= 0.6 is 11.6 Å². The highest BCUT2D eigenvalue weighted by molar-refractivity contribution is 6.31. The quantitative estimate of drug-likeness (QED) is 0.891. The predicted octanol–water partition coefficient (Wildman–Crippen LogP) is 4.33. The lowest BCUT2D eigenvalue weighted by molar-refractivity contribution is 0.184. The molecule has 0 heterocycles. The highest BCUT2D eigenvalue weighted by Gasteiger charge is 2.08. The van der Waals surface area contributed by atoms with Crippen molar-refractivity contribution in [2.75, 3.05) is 7.11 Å². The lowest BCUT2D eigenvalue weighted by Crippen LogP contribution is -1.93. The molecule has 0 aliphatic rings. The molecule has 0 spiro atoms. The highest BCUT2D eigenvalue weighted by Crippen LogP contribution is 2.30. The molecule has 2 rings (SSSR count). The van der Waals surface area contributed by atoms with E-state index in [1.165, 1.54) is 0 Å². The molecule has 4 heteroatoms. The van der Waals surface area contributed by atoms with E-state index in [-0.39, 0.29) is 0 Å². The van der Waals surface area contributed by atoms with Gasteiger partial charge in [0.25, 0.3) is 0 Å². The summed E-state index contributed by atoms with van der Waals surface area (Å²) in [6.07, 6.45) is -0.596. The second kappa shape index (κ2) is 6.75. The van der Waals surface area contributed by atoms with Crippen molar-refractivity contribution >= 4 is 11.6 Å². The first kappa shape index (κ1) is 14.9. The first-order valence-electron chi connectivity index (χ1n) is 6.33. The highest BCUT2D eigenvalue weighted by atomic mass is 35.5. The van der Waals surface area contributed by atoms with Crippen LogP contribution in [0.4, 0.5) is 0 Å². The standard InChI is InChI=1S/C16H17ClO3/c1-11(18)15-7-6-14(9-16(15)17)20-13-5-3-4-12(8-13)10-19-2/h3-9,11,18H,10H2,1-2H3. The van der Waals surface area contributed by atoms with Gasteiger partial charge in [-0.05, 0) is 42.3 Å². The maximum absolute atomic E-state index is 9.54. The Morgan fingerprint density at radius 1 is 1.15 bits per heavy atom. The van der Waals surface area contributed by atoms with Gasteiger partial charge in [-0.15, -0.1) is 0 Å². The molecule has 1 unspecified atom stereocenters. The molecule has 2 aromatic rings. The lowest BCUT2D eigenvalue weighted by atomic mass is 10.1. The number of methoxy groups -OCH3 is 1. The Bertz CT molecular complexity index is 582. The molecule has 0 radical (unpaired) electrons. The molecule has 0 bridgehead atoms. The summed E-state index contributed by atoms with van der Waals surface area (Å²) in [6.45, 7) is 2.22. The van der Waals surface area contributed by atoms with Crippen molar-refractivity contribution in [3.63, 3.8) is 0 Å². The average molecular weight is 293 g/mol. The van der Waals surface area contributed by atoms with E-state index in [9.17, 15) is 5.11 Å². The van der Waals surface area contributed by atoms with Crippen LogP contribution in [-0.2, 0) is 11.3 Å². The third-order valence-corrected chi connectivity index (χ3v) is 3.19. The molecular formula is C16H17ClO3. The van der Waals surface area contributed by atoms with Gasteiger partial charge in [0, 0.05) is 7.11 Å². The monoisotopic (exact) mass is 292 g/mol. The van der Waals surface area contributed by atoms with Crippen LogP contribution < -0.4 is 4.74 Å². The molecule has 20 heavy (non-hydrogen) atoms. The maximum Gasteiger partial charge on any atom is 0.128 e. The van der Waals surface area contributed by atoms with Gasteiger partial charge in [-0.25, -0.2) is 0 Å². The Morgan fingerprint density at radius 2 is 1.90 bits per heavy atom. The average Bonchev–Trinajstić information content (AvgIpc) is 2.39. The van der Waals surface area contributed by atoms with Gasteiger partial charge in [0.2, 0.25) is 0 Å². The summed E-state index contributed by atoms with van der Waals surface area (Å²) in [5.41, 5.74) is 1.73. The zero-order valence-electron chi connectivity index (χ0n) is 11.5. The second-order valence-corrected chi connectivity index (χ2v) is 4.95. The summed E-state index contributed by atoms with van der Waals surface area (Å²) < 4.78 is 10.8. The van der Waals surface area contributed by atoms with Gasteiger partial charge in [0.15, 0.2) is 0 Å². The molecule has 0 amide bonds. The number of aliphatic hydroxyl groups excluding tert-OH is 1. The van der Waals surface area contributed by atoms with E-state index in [4.69, 9.17) is 21.1 Å². The van der Waals surface area contributed by atoms with E-state index in [2.05, 4.69) is 0 Å². The Labute approximate surface area is 123 Å². The van der Waals surface area contributed by atoms with E-state index in [0.717, 1.165) is 11.3 Å². The van der Waals surface area contributed by atoms with Crippen LogP contribution in [-0.4, -0.2) is 12.2 Å². The van der Waals surface area contributed by atoms with Crippen LogP contribution in [0.1, 0.15) is 24.2 Å². The molecule has 0 saturated carbocycles. The van der Waals surface area contributed by atoms with Crippen LogP contribution in [0.5, 0.6) is 11.5 Å². The van der Waals surface area contributed by atoms with Crippen molar-refractivity contribution in [3.8, 4) is 11.5 Å². The van der Waals surface area contributed by atoms with Gasteiger partial charge in [0.05, 0.1) is 17.7 Å². The molecular weight excluding hydrogens is 276 g/mol. The minimum atomic E-state index is -0.596.